The Balaban J connectivity index is 3.39. The molecule has 0 radical (unpaired) electrons. The van der Waals surface area contributed by atoms with Gasteiger partial charge in [0.15, 0.2) is 0 Å². The first-order chi connectivity index (χ1) is 8.05. The lowest BCUT2D eigenvalue weighted by molar-refractivity contribution is -0.143. The second kappa shape index (κ2) is 5.00. The number of rotatable bonds is 2. The van der Waals surface area contributed by atoms with Crippen molar-refractivity contribution in [2.45, 2.75) is 25.4 Å². The fraction of sp³-hybridized carbons (Fsp3) is 0.400. The monoisotopic (exact) mass is 290 g/mol. The lowest BCUT2D eigenvalue weighted by atomic mass is 10.0. The van der Waals surface area contributed by atoms with Crippen LogP contribution in [0.15, 0.2) is 18.2 Å². The predicted octanol–water partition coefficient (Wildman–Crippen LogP) is 4.65. The molecule has 18 heavy (non-hydrogen) atoms. The van der Waals surface area contributed by atoms with Gasteiger partial charge in [-0.15, -0.1) is 0 Å². The van der Waals surface area contributed by atoms with Crippen LogP contribution in [0.3, 0.4) is 0 Å². The summed E-state index contributed by atoms with van der Waals surface area (Å²) in [5.74, 6) is 0. The molecule has 0 heterocycles. The number of thiol groups is 1. The first-order valence-corrected chi connectivity index (χ1v) is 5.02. The van der Waals surface area contributed by atoms with Crippen molar-refractivity contribution in [2.24, 2.45) is 0 Å². The molecule has 0 amide bonds. The van der Waals surface area contributed by atoms with Gasteiger partial charge in [0.2, 0.25) is 0 Å². The standard InChI is InChI=1S/C10H8F6OS/c1-5(17-18)6-2-7(9(11,12)13)4-8(3-6)10(14,15)16/h2-5,18H,1H3/t5-/m1/s1. The molecule has 0 aromatic heterocycles. The smallest absolute Gasteiger partial charge is 0.311 e. The van der Waals surface area contributed by atoms with Crippen LogP contribution >= 0.6 is 12.9 Å². The van der Waals surface area contributed by atoms with Gasteiger partial charge < -0.3 is 4.18 Å². The first kappa shape index (κ1) is 15.2. The van der Waals surface area contributed by atoms with Gasteiger partial charge in [0.05, 0.1) is 17.2 Å². The van der Waals surface area contributed by atoms with E-state index in [9.17, 15) is 26.3 Å². The van der Waals surface area contributed by atoms with E-state index in [-0.39, 0.29) is 11.6 Å². The van der Waals surface area contributed by atoms with E-state index in [4.69, 9.17) is 0 Å². The van der Waals surface area contributed by atoms with Gasteiger partial charge >= 0.3 is 12.4 Å². The van der Waals surface area contributed by atoms with Gasteiger partial charge in [-0.05, 0) is 43.6 Å². The quantitative estimate of drug-likeness (QED) is 0.474. The van der Waals surface area contributed by atoms with E-state index in [1.165, 1.54) is 6.92 Å². The summed E-state index contributed by atoms with van der Waals surface area (Å²) in [7, 11) is 0. The summed E-state index contributed by atoms with van der Waals surface area (Å²) >= 11 is 3.38. The molecule has 1 aromatic carbocycles. The van der Waals surface area contributed by atoms with Crippen molar-refractivity contribution in [1.82, 2.24) is 0 Å². The molecule has 0 aliphatic rings. The summed E-state index contributed by atoms with van der Waals surface area (Å²) < 4.78 is 79.3. The van der Waals surface area contributed by atoms with Crippen molar-refractivity contribution < 1.29 is 30.5 Å². The molecule has 1 rings (SSSR count). The third-order valence-electron chi connectivity index (χ3n) is 2.24. The van der Waals surface area contributed by atoms with Crippen LogP contribution in [0.25, 0.3) is 0 Å². The van der Waals surface area contributed by atoms with Gasteiger partial charge in [0, 0.05) is 0 Å². The summed E-state index contributed by atoms with van der Waals surface area (Å²) in [6, 6.07) is 1.28. The molecule has 1 atom stereocenters. The molecule has 0 bridgehead atoms. The van der Waals surface area contributed by atoms with Gasteiger partial charge in [0.1, 0.15) is 0 Å². The molecule has 1 aromatic rings. The van der Waals surface area contributed by atoms with E-state index >= 15 is 0 Å². The summed E-state index contributed by atoms with van der Waals surface area (Å²) in [4.78, 5) is 0. The molecular formula is C10H8F6OS. The molecule has 0 N–H and O–H groups in total. The summed E-state index contributed by atoms with van der Waals surface area (Å²) in [6.07, 6.45) is -10.7. The number of halogens is 6. The lowest BCUT2D eigenvalue weighted by Crippen LogP contribution is -2.12. The maximum absolute atomic E-state index is 12.5. The van der Waals surface area contributed by atoms with E-state index in [2.05, 4.69) is 17.1 Å². The van der Waals surface area contributed by atoms with Crippen molar-refractivity contribution in [3.8, 4) is 0 Å². The molecule has 0 unspecified atom stereocenters. The van der Waals surface area contributed by atoms with Crippen LogP contribution in [-0.4, -0.2) is 0 Å². The molecule has 8 heteroatoms. The molecular weight excluding hydrogens is 282 g/mol. The lowest BCUT2D eigenvalue weighted by Gasteiger charge is -2.16. The van der Waals surface area contributed by atoms with Gasteiger partial charge in [-0.3, -0.25) is 0 Å². The van der Waals surface area contributed by atoms with Gasteiger partial charge in [0.25, 0.3) is 0 Å². The molecule has 102 valence electrons. The first-order valence-electron chi connectivity index (χ1n) is 4.65. The third kappa shape index (κ3) is 3.55. The molecule has 0 aliphatic carbocycles. The zero-order chi connectivity index (χ0) is 14.1. The fourth-order valence-corrected chi connectivity index (χ4v) is 1.40. The van der Waals surface area contributed by atoms with Crippen LogP contribution in [0, 0.1) is 0 Å². The van der Waals surface area contributed by atoms with Crippen LogP contribution in [0.2, 0.25) is 0 Å². The minimum atomic E-state index is -4.85. The van der Waals surface area contributed by atoms with Crippen LogP contribution in [0.5, 0.6) is 0 Å². The van der Waals surface area contributed by atoms with Crippen LogP contribution in [0.4, 0.5) is 26.3 Å². The summed E-state index contributed by atoms with van der Waals surface area (Å²) in [5.41, 5.74) is -2.98. The minimum absolute atomic E-state index is 0.0642. The molecule has 0 saturated heterocycles. The highest BCUT2D eigenvalue weighted by Gasteiger charge is 2.37. The van der Waals surface area contributed by atoms with Crippen LogP contribution < -0.4 is 0 Å². The average Bonchev–Trinajstić information content (AvgIpc) is 2.25. The Morgan fingerprint density at radius 2 is 1.33 bits per heavy atom. The van der Waals surface area contributed by atoms with Crippen molar-refractivity contribution in [1.29, 1.82) is 0 Å². The number of alkyl halides is 6. The molecule has 0 spiro atoms. The molecule has 0 fully saturated rings. The van der Waals surface area contributed by atoms with E-state index < -0.39 is 29.6 Å². The van der Waals surface area contributed by atoms with Gasteiger partial charge in [-0.25, -0.2) is 0 Å². The predicted molar refractivity (Wildman–Crippen MR) is 54.9 cm³/mol. The Labute approximate surface area is 104 Å². The van der Waals surface area contributed by atoms with E-state index in [0.717, 1.165) is 0 Å². The fourth-order valence-electron chi connectivity index (χ4n) is 1.27. The van der Waals surface area contributed by atoms with Crippen molar-refractivity contribution in [3.05, 3.63) is 34.9 Å². The molecule has 0 saturated carbocycles. The van der Waals surface area contributed by atoms with Gasteiger partial charge in [-0.2, -0.15) is 26.3 Å². The second-order valence-corrected chi connectivity index (χ2v) is 3.80. The Bertz CT molecular complexity index is 393. The Kier molecular flexibility index (Phi) is 4.22. The number of benzene rings is 1. The van der Waals surface area contributed by atoms with E-state index in [0.29, 0.717) is 12.1 Å². The van der Waals surface area contributed by atoms with Crippen molar-refractivity contribution in [2.75, 3.05) is 0 Å². The number of hydrogen-bond acceptors (Lipinski definition) is 2. The van der Waals surface area contributed by atoms with Crippen molar-refractivity contribution in [3.63, 3.8) is 0 Å². The molecule has 1 nitrogen and oxygen atoms in total. The Hall–Kier alpha value is -0.890. The number of hydrogen-bond donors (Lipinski definition) is 1. The maximum atomic E-state index is 12.5. The van der Waals surface area contributed by atoms with Crippen molar-refractivity contribution >= 4 is 12.9 Å². The van der Waals surface area contributed by atoms with Crippen LogP contribution in [-0.2, 0) is 16.5 Å². The highest BCUT2D eigenvalue weighted by Crippen LogP contribution is 2.37. The average molecular weight is 290 g/mol. The minimum Gasteiger partial charge on any atom is -0.311 e. The molecule has 0 aliphatic heterocycles. The SMILES string of the molecule is C[C@@H](OS)c1cc(C(F)(F)F)cc(C(F)(F)F)c1. The Morgan fingerprint density at radius 1 is 0.944 bits per heavy atom. The maximum Gasteiger partial charge on any atom is 0.416 e. The van der Waals surface area contributed by atoms with E-state index in [1.807, 2.05) is 0 Å². The largest absolute Gasteiger partial charge is 0.416 e. The van der Waals surface area contributed by atoms with Crippen LogP contribution in [0.1, 0.15) is 29.7 Å². The zero-order valence-electron chi connectivity index (χ0n) is 8.93. The van der Waals surface area contributed by atoms with E-state index in [1.54, 1.807) is 0 Å². The second-order valence-electron chi connectivity index (χ2n) is 3.59. The topological polar surface area (TPSA) is 9.23 Å². The Morgan fingerprint density at radius 3 is 1.61 bits per heavy atom. The van der Waals surface area contributed by atoms with Gasteiger partial charge in [-0.1, -0.05) is 0 Å². The highest BCUT2D eigenvalue weighted by atomic mass is 32.1. The summed E-state index contributed by atoms with van der Waals surface area (Å²) in [5, 5.41) is 0. The third-order valence-corrected chi connectivity index (χ3v) is 2.55. The zero-order valence-corrected chi connectivity index (χ0v) is 9.83. The normalized spacial score (nSPS) is 14.7. The summed E-state index contributed by atoms with van der Waals surface area (Å²) in [6.45, 7) is 1.29. The highest BCUT2D eigenvalue weighted by molar-refractivity contribution is 7.75.